The van der Waals surface area contributed by atoms with Gasteiger partial charge in [-0.2, -0.15) is 0 Å². The van der Waals surface area contributed by atoms with E-state index in [-0.39, 0.29) is 11.6 Å². The second kappa shape index (κ2) is 5.38. The maximum Gasteiger partial charge on any atom is 0.410 e. The first-order chi connectivity index (χ1) is 11.4. The molecule has 1 saturated carbocycles. The molecule has 1 spiro atoms. The molecule has 0 unspecified atom stereocenters. The van der Waals surface area contributed by atoms with Crippen molar-refractivity contribution in [3.8, 4) is 0 Å². The lowest BCUT2D eigenvalue weighted by molar-refractivity contribution is 0.0240. The van der Waals surface area contributed by atoms with E-state index in [9.17, 15) is 4.79 Å². The highest BCUT2D eigenvalue weighted by Crippen LogP contribution is 2.51. The van der Waals surface area contributed by atoms with E-state index in [1.807, 2.05) is 25.7 Å². The molecular formula is C19H27N3O2. The molecule has 0 bridgehead atoms. The van der Waals surface area contributed by atoms with Gasteiger partial charge in [0.25, 0.3) is 0 Å². The van der Waals surface area contributed by atoms with Crippen molar-refractivity contribution in [3.63, 3.8) is 0 Å². The highest BCUT2D eigenvalue weighted by molar-refractivity contribution is 5.68. The van der Waals surface area contributed by atoms with Gasteiger partial charge >= 0.3 is 6.09 Å². The van der Waals surface area contributed by atoms with Gasteiger partial charge in [0.2, 0.25) is 0 Å². The molecule has 24 heavy (non-hydrogen) atoms. The number of piperazine rings is 1. The van der Waals surface area contributed by atoms with Crippen LogP contribution in [0.2, 0.25) is 0 Å². The van der Waals surface area contributed by atoms with Crippen LogP contribution in [0.3, 0.4) is 0 Å². The van der Waals surface area contributed by atoms with E-state index in [2.05, 4.69) is 28.4 Å². The van der Waals surface area contributed by atoms with Crippen LogP contribution in [0.5, 0.6) is 0 Å². The summed E-state index contributed by atoms with van der Waals surface area (Å²) in [6, 6.07) is 6.86. The molecule has 0 aromatic heterocycles. The summed E-state index contributed by atoms with van der Waals surface area (Å²) < 4.78 is 5.47. The van der Waals surface area contributed by atoms with Crippen LogP contribution in [-0.2, 0) is 16.8 Å². The van der Waals surface area contributed by atoms with E-state index in [1.165, 1.54) is 29.7 Å². The van der Waals surface area contributed by atoms with Crippen molar-refractivity contribution in [1.29, 1.82) is 0 Å². The third kappa shape index (κ3) is 2.86. The zero-order chi connectivity index (χ0) is 16.9. The summed E-state index contributed by atoms with van der Waals surface area (Å²) in [6.07, 6.45) is 2.32. The number of carbonyl (C=O) groups is 1. The quantitative estimate of drug-likeness (QED) is 0.860. The van der Waals surface area contributed by atoms with Gasteiger partial charge in [-0.25, -0.2) is 4.79 Å². The molecule has 2 fully saturated rings. The Hall–Kier alpha value is -1.75. The van der Waals surface area contributed by atoms with Crippen LogP contribution in [0.1, 0.15) is 44.7 Å². The fraction of sp³-hybridized carbons (Fsp3) is 0.632. The zero-order valence-corrected chi connectivity index (χ0v) is 14.9. The van der Waals surface area contributed by atoms with Crippen molar-refractivity contribution in [2.45, 2.75) is 51.3 Å². The minimum absolute atomic E-state index is 0.197. The number of ether oxygens (including phenoxy) is 1. The Morgan fingerprint density at radius 3 is 2.50 bits per heavy atom. The van der Waals surface area contributed by atoms with E-state index >= 15 is 0 Å². The van der Waals surface area contributed by atoms with E-state index < -0.39 is 5.60 Å². The summed E-state index contributed by atoms with van der Waals surface area (Å²) in [5.41, 5.74) is 4.08. The van der Waals surface area contributed by atoms with Gasteiger partial charge < -0.3 is 19.9 Å². The molecule has 5 heteroatoms. The van der Waals surface area contributed by atoms with Crippen molar-refractivity contribution < 1.29 is 9.53 Å². The average Bonchev–Trinajstić information content (AvgIpc) is 3.23. The predicted molar refractivity (Wildman–Crippen MR) is 94.2 cm³/mol. The number of nitrogens with zero attached hydrogens (tertiary/aromatic N) is 2. The largest absolute Gasteiger partial charge is 0.444 e. The van der Waals surface area contributed by atoms with Gasteiger partial charge in [-0.1, -0.05) is 6.07 Å². The lowest BCUT2D eigenvalue weighted by Gasteiger charge is -2.37. The number of benzene rings is 1. The summed E-state index contributed by atoms with van der Waals surface area (Å²) in [5.74, 6) is 0. The number of nitrogens with one attached hydrogen (secondary N) is 1. The first-order valence-electron chi connectivity index (χ1n) is 8.98. The minimum atomic E-state index is -0.431. The lowest BCUT2D eigenvalue weighted by atomic mass is 10.0. The molecule has 1 aliphatic carbocycles. The highest BCUT2D eigenvalue weighted by atomic mass is 16.6. The van der Waals surface area contributed by atoms with Crippen LogP contribution in [0.15, 0.2) is 18.2 Å². The molecule has 2 heterocycles. The topological polar surface area (TPSA) is 44.8 Å². The number of fused-ring (bicyclic) bond motifs is 2. The summed E-state index contributed by atoms with van der Waals surface area (Å²) in [6.45, 7) is 9.89. The summed E-state index contributed by atoms with van der Waals surface area (Å²) >= 11 is 0. The van der Waals surface area contributed by atoms with Crippen LogP contribution in [0.25, 0.3) is 0 Å². The van der Waals surface area contributed by atoms with Crippen LogP contribution in [0, 0.1) is 0 Å². The van der Waals surface area contributed by atoms with E-state index in [0.29, 0.717) is 0 Å². The van der Waals surface area contributed by atoms with Crippen LogP contribution < -0.4 is 10.2 Å². The molecule has 1 amide bonds. The van der Waals surface area contributed by atoms with Gasteiger partial charge in [0.1, 0.15) is 5.60 Å². The number of rotatable bonds is 1. The Kier molecular flexibility index (Phi) is 3.53. The number of hydrogen-bond acceptors (Lipinski definition) is 4. The molecule has 5 nitrogen and oxygen atoms in total. The number of carbonyl (C=O) groups excluding carboxylic acids is 1. The Morgan fingerprint density at radius 1 is 1.17 bits per heavy atom. The third-order valence-electron chi connectivity index (χ3n) is 5.27. The lowest BCUT2D eigenvalue weighted by Crippen LogP contribution is -2.50. The molecule has 1 saturated heterocycles. The first-order valence-corrected chi connectivity index (χ1v) is 8.98. The van der Waals surface area contributed by atoms with Crippen molar-refractivity contribution in [1.82, 2.24) is 10.2 Å². The Balaban J connectivity index is 1.41. The fourth-order valence-electron chi connectivity index (χ4n) is 3.77. The Labute approximate surface area is 144 Å². The minimum Gasteiger partial charge on any atom is -0.444 e. The summed E-state index contributed by atoms with van der Waals surface area (Å²) in [5, 5.41) is 3.66. The Bertz CT molecular complexity index is 653. The van der Waals surface area contributed by atoms with E-state index in [4.69, 9.17) is 4.74 Å². The molecule has 2 aliphatic heterocycles. The van der Waals surface area contributed by atoms with Crippen molar-refractivity contribution in [2.24, 2.45) is 0 Å². The van der Waals surface area contributed by atoms with Gasteiger partial charge in [-0.15, -0.1) is 0 Å². The van der Waals surface area contributed by atoms with Gasteiger partial charge in [0.15, 0.2) is 0 Å². The van der Waals surface area contributed by atoms with Gasteiger partial charge in [-0.05, 0) is 56.9 Å². The van der Waals surface area contributed by atoms with Gasteiger partial charge in [-0.3, -0.25) is 0 Å². The van der Waals surface area contributed by atoms with Crippen LogP contribution in [0.4, 0.5) is 10.5 Å². The van der Waals surface area contributed by atoms with Gasteiger partial charge in [0.05, 0.1) is 0 Å². The number of hydrogen-bond donors (Lipinski definition) is 1. The SMILES string of the molecule is CC(C)(C)OC(=O)N1CCN(c2ccc3c(c2)C2(CC2)NC3)CC1. The van der Waals surface area contributed by atoms with E-state index in [0.717, 1.165) is 32.7 Å². The first kappa shape index (κ1) is 15.8. The highest BCUT2D eigenvalue weighted by Gasteiger charge is 2.48. The number of anilines is 1. The maximum atomic E-state index is 12.2. The fourth-order valence-corrected chi connectivity index (χ4v) is 3.77. The van der Waals surface area contributed by atoms with Crippen LogP contribution >= 0.6 is 0 Å². The second-order valence-electron chi connectivity index (χ2n) is 8.23. The van der Waals surface area contributed by atoms with Crippen molar-refractivity contribution >= 4 is 11.8 Å². The van der Waals surface area contributed by atoms with E-state index in [1.54, 1.807) is 0 Å². The Morgan fingerprint density at radius 2 is 1.88 bits per heavy atom. The summed E-state index contributed by atoms with van der Waals surface area (Å²) in [4.78, 5) is 16.4. The molecule has 1 N–H and O–H groups in total. The molecular weight excluding hydrogens is 302 g/mol. The van der Waals surface area contributed by atoms with Crippen LogP contribution in [-0.4, -0.2) is 42.8 Å². The zero-order valence-electron chi connectivity index (χ0n) is 14.9. The van der Waals surface area contributed by atoms with Crippen molar-refractivity contribution in [3.05, 3.63) is 29.3 Å². The smallest absolute Gasteiger partial charge is 0.410 e. The molecule has 1 aromatic carbocycles. The third-order valence-corrected chi connectivity index (χ3v) is 5.27. The number of amides is 1. The molecule has 130 valence electrons. The monoisotopic (exact) mass is 329 g/mol. The molecule has 3 aliphatic rings. The second-order valence-corrected chi connectivity index (χ2v) is 8.23. The summed E-state index contributed by atoms with van der Waals surface area (Å²) in [7, 11) is 0. The maximum absolute atomic E-state index is 12.2. The predicted octanol–water partition coefficient (Wildman–Crippen LogP) is 2.84. The normalized spacial score (nSPS) is 21.8. The standard InChI is InChI=1S/C19H27N3O2/c1-18(2,3)24-17(23)22-10-8-21(9-11-22)15-5-4-14-13-20-19(6-7-19)16(14)12-15/h4-5,12,20H,6-11,13H2,1-3H3. The average molecular weight is 329 g/mol. The molecule has 0 radical (unpaired) electrons. The molecule has 1 aromatic rings. The molecule has 0 atom stereocenters. The molecule has 4 rings (SSSR count). The van der Waals surface area contributed by atoms with Gasteiger partial charge in [0, 0.05) is 44.0 Å². The van der Waals surface area contributed by atoms with Crippen molar-refractivity contribution in [2.75, 3.05) is 31.1 Å².